The van der Waals surface area contributed by atoms with Gasteiger partial charge in [-0.15, -0.1) is 0 Å². The van der Waals surface area contributed by atoms with E-state index in [1.54, 1.807) is 30.5 Å². The fourth-order valence-electron chi connectivity index (χ4n) is 2.59. The van der Waals surface area contributed by atoms with Crippen LogP contribution in [0.4, 0.5) is 10.5 Å². The number of rotatable bonds is 7. The molecule has 3 aromatic rings. The van der Waals surface area contributed by atoms with Crippen LogP contribution in [0.15, 0.2) is 71.7 Å². The van der Waals surface area contributed by atoms with Crippen LogP contribution in [0, 0.1) is 0 Å². The number of ether oxygens (including phenoxy) is 1. The average Bonchev–Trinajstić information content (AvgIpc) is 2.71. The Morgan fingerprint density at radius 1 is 1.00 bits per heavy atom. The summed E-state index contributed by atoms with van der Waals surface area (Å²) >= 11 is 11.9. The highest BCUT2D eigenvalue weighted by atomic mass is 35.5. The maximum Gasteiger partial charge on any atom is 0.319 e. The lowest BCUT2D eigenvalue weighted by Crippen LogP contribution is -2.32. The first-order chi connectivity index (χ1) is 14.0. The number of benzene rings is 2. The summed E-state index contributed by atoms with van der Waals surface area (Å²) in [7, 11) is 0. The molecule has 0 bridgehead atoms. The van der Waals surface area contributed by atoms with Crippen molar-refractivity contribution in [3.05, 3.63) is 92.8 Å². The Morgan fingerprint density at radius 2 is 1.79 bits per heavy atom. The quantitative estimate of drug-likeness (QED) is 0.544. The minimum atomic E-state index is -0.388. The number of halogens is 2. The molecule has 6 nitrogen and oxygen atoms in total. The Hall–Kier alpha value is -2.96. The first-order valence-corrected chi connectivity index (χ1v) is 9.64. The molecule has 0 aliphatic heterocycles. The Morgan fingerprint density at radius 3 is 2.55 bits per heavy atom. The zero-order valence-corrected chi connectivity index (χ0v) is 16.9. The predicted molar refractivity (Wildman–Crippen MR) is 115 cm³/mol. The van der Waals surface area contributed by atoms with E-state index >= 15 is 0 Å². The van der Waals surface area contributed by atoms with Crippen LogP contribution in [-0.2, 0) is 6.54 Å². The lowest BCUT2D eigenvalue weighted by Gasteiger charge is -2.11. The van der Waals surface area contributed by atoms with Crippen molar-refractivity contribution in [1.29, 1.82) is 0 Å². The number of anilines is 1. The number of para-hydroxylation sites is 1. The summed E-state index contributed by atoms with van der Waals surface area (Å²) in [5.74, 6) is 0.740. The third-order valence-corrected chi connectivity index (χ3v) is 4.72. The summed E-state index contributed by atoms with van der Waals surface area (Å²) in [6.07, 6.45) is 1.57. The molecule has 1 aromatic heterocycles. The SMILES string of the molecule is O=C(NCCOc1ccccc1)Nc1ccc(=O)n(Cc2ccc(Cl)c(Cl)c2)c1. The summed E-state index contributed by atoms with van der Waals surface area (Å²) < 4.78 is 7.00. The van der Waals surface area contributed by atoms with Crippen molar-refractivity contribution in [3.8, 4) is 5.75 Å². The van der Waals surface area contributed by atoms with Crippen LogP contribution >= 0.6 is 23.2 Å². The molecule has 2 aromatic carbocycles. The van der Waals surface area contributed by atoms with Crippen molar-refractivity contribution in [3.63, 3.8) is 0 Å². The summed E-state index contributed by atoms with van der Waals surface area (Å²) in [4.78, 5) is 24.2. The van der Waals surface area contributed by atoms with Gasteiger partial charge in [0.05, 0.1) is 28.8 Å². The van der Waals surface area contributed by atoms with Gasteiger partial charge in [-0.2, -0.15) is 0 Å². The lowest BCUT2D eigenvalue weighted by molar-refractivity contribution is 0.247. The Balaban J connectivity index is 1.54. The molecular weight excluding hydrogens is 413 g/mol. The minimum Gasteiger partial charge on any atom is -0.492 e. The van der Waals surface area contributed by atoms with Crippen molar-refractivity contribution in [2.75, 3.05) is 18.5 Å². The second-order valence-electron chi connectivity index (χ2n) is 6.17. The molecule has 0 unspecified atom stereocenters. The largest absolute Gasteiger partial charge is 0.492 e. The standard InChI is InChI=1S/C21H19Cl2N3O3/c22-18-8-6-15(12-19(18)23)13-26-14-16(7-9-20(26)27)25-21(28)24-10-11-29-17-4-2-1-3-5-17/h1-9,12,14H,10-11,13H2,(H2,24,25,28). The van der Waals surface area contributed by atoms with Gasteiger partial charge in [0.2, 0.25) is 0 Å². The molecule has 0 radical (unpaired) electrons. The van der Waals surface area contributed by atoms with Crippen molar-refractivity contribution in [1.82, 2.24) is 9.88 Å². The van der Waals surface area contributed by atoms with Gasteiger partial charge in [-0.05, 0) is 35.9 Å². The van der Waals surface area contributed by atoms with Gasteiger partial charge in [0.1, 0.15) is 12.4 Å². The Labute approximate surface area is 178 Å². The van der Waals surface area contributed by atoms with E-state index < -0.39 is 0 Å². The van der Waals surface area contributed by atoms with Gasteiger partial charge in [-0.25, -0.2) is 4.79 Å². The van der Waals surface area contributed by atoms with Crippen LogP contribution in [0.25, 0.3) is 0 Å². The van der Waals surface area contributed by atoms with Gasteiger partial charge in [0.15, 0.2) is 0 Å². The maximum absolute atomic E-state index is 12.1. The van der Waals surface area contributed by atoms with Crippen LogP contribution < -0.4 is 20.9 Å². The van der Waals surface area contributed by atoms with Gasteiger partial charge < -0.3 is 19.9 Å². The number of aromatic nitrogens is 1. The summed E-state index contributed by atoms with van der Waals surface area (Å²) in [5, 5.41) is 6.28. The predicted octanol–water partition coefficient (Wildman–Crippen LogP) is 4.40. The zero-order chi connectivity index (χ0) is 20.6. The number of amides is 2. The van der Waals surface area contributed by atoms with E-state index in [-0.39, 0.29) is 11.6 Å². The van der Waals surface area contributed by atoms with E-state index in [9.17, 15) is 9.59 Å². The van der Waals surface area contributed by atoms with Crippen LogP contribution in [0.2, 0.25) is 10.0 Å². The molecule has 1 heterocycles. The monoisotopic (exact) mass is 431 g/mol. The van der Waals surface area contributed by atoms with Crippen LogP contribution in [0.1, 0.15) is 5.56 Å². The maximum atomic E-state index is 12.1. The fraction of sp³-hybridized carbons (Fsp3) is 0.143. The molecule has 0 atom stereocenters. The smallest absolute Gasteiger partial charge is 0.319 e. The van der Waals surface area contributed by atoms with Gasteiger partial charge in [0.25, 0.3) is 5.56 Å². The molecule has 0 aliphatic carbocycles. The van der Waals surface area contributed by atoms with Crippen LogP contribution in [0.5, 0.6) is 5.75 Å². The molecule has 2 amide bonds. The van der Waals surface area contributed by atoms with Crippen molar-refractivity contribution < 1.29 is 9.53 Å². The van der Waals surface area contributed by atoms with Crippen molar-refractivity contribution in [2.24, 2.45) is 0 Å². The minimum absolute atomic E-state index is 0.196. The highest BCUT2D eigenvalue weighted by Gasteiger charge is 2.06. The fourth-order valence-corrected chi connectivity index (χ4v) is 2.91. The number of urea groups is 1. The van der Waals surface area contributed by atoms with E-state index in [0.29, 0.717) is 35.4 Å². The highest BCUT2D eigenvalue weighted by Crippen LogP contribution is 2.23. The summed E-state index contributed by atoms with van der Waals surface area (Å²) in [6, 6.07) is 17.1. The average molecular weight is 432 g/mol. The van der Waals surface area contributed by atoms with Gasteiger partial charge in [-0.1, -0.05) is 47.5 Å². The molecule has 0 saturated heterocycles. The highest BCUT2D eigenvalue weighted by molar-refractivity contribution is 6.42. The number of hydrogen-bond donors (Lipinski definition) is 2. The Kier molecular flexibility index (Phi) is 7.16. The van der Waals surface area contributed by atoms with Crippen molar-refractivity contribution >= 4 is 34.9 Å². The van der Waals surface area contributed by atoms with Gasteiger partial charge in [0, 0.05) is 12.3 Å². The number of nitrogens with one attached hydrogen (secondary N) is 2. The van der Waals surface area contributed by atoms with E-state index in [2.05, 4.69) is 10.6 Å². The second kappa shape index (κ2) is 10.0. The normalized spacial score (nSPS) is 10.4. The number of pyridine rings is 1. The molecule has 2 N–H and O–H groups in total. The zero-order valence-electron chi connectivity index (χ0n) is 15.4. The third-order valence-electron chi connectivity index (χ3n) is 3.98. The molecule has 29 heavy (non-hydrogen) atoms. The van der Waals surface area contributed by atoms with E-state index in [0.717, 1.165) is 11.3 Å². The number of nitrogens with zero attached hydrogens (tertiary/aromatic N) is 1. The van der Waals surface area contributed by atoms with Gasteiger partial charge in [-0.3, -0.25) is 4.79 Å². The molecule has 0 saturated carbocycles. The number of carbonyl (C=O) groups excluding carboxylic acids is 1. The van der Waals surface area contributed by atoms with E-state index in [1.807, 2.05) is 30.3 Å². The van der Waals surface area contributed by atoms with Crippen molar-refractivity contribution in [2.45, 2.75) is 6.54 Å². The molecular formula is C21H19Cl2N3O3. The lowest BCUT2D eigenvalue weighted by atomic mass is 10.2. The van der Waals surface area contributed by atoms with Crippen LogP contribution in [-0.4, -0.2) is 23.7 Å². The first kappa shape index (κ1) is 20.8. The van der Waals surface area contributed by atoms with Gasteiger partial charge >= 0.3 is 6.03 Å². The summed E-state index contributed by atoms with van der Waals surface area (Å²) in [5.41, 5.74) is 1.12. The molecule has 0 spiro atoms. The van der Waals surface area contributed by atoms with Crippen LogP contribution in [0.3, 0.4) is 0 Å². The third kappa shape index (κ3) is 6.27. The molecule has 0 fully saturated rings. The van der Waals surface area contributed by atoms with E-state index in [4.69, 9.17) is 27.9 Å². The molecule has 8 heteroatoms. The summed E-state index contributed by atoms with van der Waals surface area (Å²) in [6.45, 7) is 0.982. The number of carbonyl (C=O) groups is 1. The molecule has 150 valence electrons. The first-order valence-electron chi connectivity index (χ1n) is 8.88. The topological polar surface area (TPSA) is 72.4 Å². The number of hydrogen-bond acceptors (Lipinski definition) is 3. The molecule has 3 rings (SSSR count). The molecule has 0 aliphatic rings. The second-order valence-corrected chi connectivity index (χ2v) is 6.99. The Bertz CT molecular complexity index is 1040. The van der Waals surface area contributed by atoms with E-state index in [1.165, 1.54) is 10.6 Å².